The van der Waals surface area contributed by atoms with Crippen LogP contribution in [0, 0.1) is 11.6 Å². The molecule has 30 heavy (non-hydrogen) atoms. The second-order valence-corrected chi connectivity index (χ2v) is 8.06. The molecule has 4 rings (SSSR count). The molecule has 0 radical (unpaired) electrons. The zero-order chi connectivity index (χ0) is 20.5. The van der Waals surface area contributed by atoms with Crippen molar-refractivity contribution in [2.45, 2.75) is 0 Å². The molecule has 0 atom stereocenters. The third-order valence-corrected chi connectivity index (χ3v) is 5.67. The Morgan fingerprint density at radius 2 is 1.73 bits per heavy atom. The van der Waals surface area contributed by atoms with Crippen LogP contribution in [0.3, 0.4) is 0 Å². The summed E-state index contributed by atoms with van der Waals surface area (Å²) in [5.74, 6) is -1.61. The van der Waals surface area contributed by atoms with Crippen molar-refractivity contribution in [3.05, 3.63) is 71.8 Å². The molecule has 4 aromatic rings. The SMILES string of the molecule is CN(C)CCN(C(=O)c1ccc2ccccc2c1)c1nc2c(F)cc(F)cc2s1.Cl. The van der Waals surface area contributed by atoms with E-state index in [0.717, 1.165) is 28.2 Å². The number of benzene rings is 3. The van der Waals surface area contributed by atoms with Crippen molar-refractivity contribution in [2.75, 3.05) is 32.1 Å². The van der Waals surface area contributed by atoms with Gasteiger partial charge in [0.05, 0.1) is 4.70 Å². The second-order valence-electron chi connectivity index (χ2n) is 7.05. The number of rotatable bonds is 5. The van der Waals surface area contributed by atoms with Gasteiger partial charge in [-0.1, -0.05) is 41.7 Å². The van der Waals surface area contributed by atoms with Crippen LogP contribution < -0.4 is 4.90 Å². The van der Waals surface area contributed by atoms with Gasteiger partial charge >= 0.3 is 0 Å². The molecule has 156 valence electrons. The smallest absolute Gasteiger partial charge is 0.260 e. The molecule has 0 saturated carbocycles. The maximum Gasteiger partial charge on any atom is 0.260 e. The zero-order valence-electron chi connectivity index (χ0n) is 16.4. The van der Waals surface area contributed by atoms with Crippen molar-refractivity contribution in [1.29, 1.82) is 0 Å². The third-order valence-electron chi connectivity index (χ3n) is 4.65. The van der Waals surface area contributed by atoms with Crippen LogP contribution in [-0.4, -0.2) is 43.0 Å². The third kappa shape index (κ3) is 4.43. The number of amides is 1. The van der Waals surface area contributed by atoms with Gasteiger partial charge in [0.2, 0.25) is 0 Å². The zero-order valence-corrected chi connectivity index (χ0v) is 18.1. The predicted octanol–water partition coefficient (Wildman–Crippen LogP) is 5.36. The molecule has 4 nitrogen and oxygen atoms in total. The summed E-state index contributed by atoms with van der Waals surface area (Å²) < 4.78 is 28.1. The fourth-order valence-electron chi connectivity index (χ4n) is 3.12. The number of aromatic nitrogens is 1. The lowest BCUT2D eigenvalue weighted by molar-refractivity contribution is 0.0985. The lowest BCUT2D eigenvalue weighted by atomic mass is 10.1. The highest BCUT2D eigenvalue weighted by atomic mass is 35.5. The summed E-state index contributed by atoms with van der Waals surface area (Å²) in [5.41, 5.74) is 0.598. The van der Waals surface area contributed by atoms with Crippen molar-refractivity contribution in [3.8, 4) is 0 Å². The highest BCUT2D eigenvalue weighted by Gasteiger charge is 2.23. The first kappa shape index (κ1) is 22.1. The summed E-state index contributed by atoms with van der Waals surface area (Å²) in [6.45, 7) is 0.981. The van der Waals surface area contributed by atoms with E-state index >= 15 is 0 Å². The maximum atomic E-state index is 14.1. The minimum absolute atomic E-state index is 0. The van der Waals surface area contributed by atoms with Crippen LogP contribution in [0.5, 0.6) is 0 Å². The van der Waals surface area contributed by atoms with Crippen LogP contribution in [0.1, 0.15) is 10.4 Å². The van der Waals surface area contributed by atoms with Crippen molar-refractivity contribution in [2.24, 2.45) is 0 Å². The molecule has 0 aliphatic heterocycles. The summed E-state index contributed by atoms with van der Waals surface area (Å²) in [6, 6.07) is 15.4. The van der Waals surface area contributed by atoms with Crippen LogP contribution in [-0.2, 0) is 0 Å². The lowest BCUT2D eigenvalue weighted by Gasteiger charge is -2.22. The molecule has 0 bridgehead atoms. The normalized spacial score (nSPS) is 11.1. The molecule has 1 aromatic heterocycles. The van der Waals surface area contributed by atoms with Gasteiger partial charge in [0, 0.05) is 24.7 Å². The molecule has 0 unspecified atom stereocenters. The van der Waals surface area contributed by atoms with E-state index in [2.05, 4.69) is 4.98 Å². The number of likely N-dealkylation sites (N-methyl/N-ethyl adjacent to an activating group) is 1. The number of carbonyl (C=O) groups excluding carboxylic acids is 1. The molecule has 0 aliphatic rings. The number of fused-ring (bicyclic) bond motifs is 2. The number of hydrogen-bond donors (Lipinski definition) is 0. The number of hydrogen-bond acceptors (Lipinski definition) is 4. The van der Waals surface area contributed by atoms with Crippen molar-refractivity contribution >= 4 is 55.8 Å². The first-order chi connectivity index (χ1) is 13.9. The summed E-state index contributed by atoms with van der Waals surface area (Å²) >= 11 is 1.11. The summed E-state index contributed by atoms with van der Waals surface area (Å²) in [4.78, 5) is 21.1. The van der Waals surface area contributed by atoms with Gasteiger partial charge in [-0.3, -0.25) is 9.69 Å². The van der Waals surface area contributed by atoms with Crippen LogP contribution in [0.2, 0.25) is 0 Å². The van der Waals surface area contributed by atoms with Gasteiger partial charge in [-0.05, 0) is 43.1 Å². The van der Waals surface area contributed by atoms with E-state index in [1.165, 1.54) is 11.0 Å². The summed E-state index contributed by atoms with van der Waals surface area (Å²) in [7, 11) is 3.82. The molecule has 3 aromatic carbocycles. The monoisotopic (exact) mass is 447 g/mol. The van der Waals surface area contributed by atoms with E-state index in [4.69, 9.17) is 0 Å². The average Bonchev–Trinajstić information content (AvgIpc) is 3.11. The molecule has 8 heteroatoms. The molecule has 0 spiro atoms. The second kappa shape index (κ2) is 9.04. The van der Waals surface area contributed by atoms with Crippen molar-refractivity contribution < 1.29 is 13.6 Å². The predicted molar refractivity (Wildman–Crippen MR) is 121 cm³/mol. The van der Waals surface area contributed by atoms with Crippen LogP contribution in [0.15, 0.2) is 54.6 Å². The van der Waals surface area contributed by atoms with E-state index < -0.39 is 11.6 Å². The Balaban J connectivity index is 0.00000256. The highest BCUT2D eigenvalue weighted by molar-refractivity contribution is 7.22. The number of halogens is 3. The van der Waals surface area contributed by atoms with Gasteiger partial charge in [0.25, 0.3) is 5.91 Å². The molecule has 1 heterocycles. The van der Waals surface area contributed by atoms with Gasteiger partial charge in [0.15, 0.2) is 10.9 Å². The van der Waals surface area contributed by atoms with Gasteiger partial charge in [0.1, 0.15) is 11.3 Å². The fourth-order valence-corrected chi connectivity index (χ4v) is 4.15. The van der Waals surface area contributed by atoms with E-state index in [1.54, 1.807) is 6.07 Å². The van der Waals surface area contributed by atoms with Crippen LogP contribution in [0.4, 0.5) is 13.9 Å². The number of carbonyl (C=O) groups is 1. The first-order valence-corrected chi connectivity index (χ1v) is 9.95. The van der Waals surface area contributed by atoms with E-state index in [1.807, 2.05) is 55.4 Å². The Morgan fingerprint density at radius 3 is 2.47 bits per heavy atom. The van der Waals surface area contributed by atoms with Crippen LogP contribution in [0.25, 0.3) is 21.0 Å². The Bertz CT molecular complexity index is 1210. The fraction of sp³-hybridized carbons (Fsp3) is 0.182. The average molecular weight is 448 g/mol. The van der Waals surface area contributed by atoms with E-state index in [0.29, 0.717) is 28.5 Å². The van der Waals surface area contributed by atoms with Gasteiger partial charge in [-0.15, -0.1) is 12.4 Å². The molecule has 0 N–H and O–H groups in total. The Labute approximate surface area is 183 Å². The van der Waals surface area contributed by atoms with E-state index in [9.17, 15) is 13.6 Å². The van der Waals surface area contributed by atoms with Gasteiger partial charge < -0.3 is 4.90 Å². The van der Waals surface area contributed by atoms with Crippen LogP contribution >= 0.6 is 23.7 Å². The summed E-state index contributed by atoms with van der Waals surface area (Å²) in [5, 5.41) is 2.36. The molecular formula is C22H20ClF2N3OS. The number of anilines is 1. The summed E-state index contributed by atoms with van der Waals surface area (Å²) in [6.07, 6.45) is 0. The number of thiazole rings is 1. The molecule has 1 amide bonds. The molecule has 0 saturated heterocycles. The standard InChI is InChI=1S/C22H19F2N3OS.ClH/c1-26(2)9-10-27(22-25-20-18(24)12-17(23)13-19(20)29-22)21(28)16-8-7-14-5-3-4-6-15(14)11-16;/h3-8,11-13H,9-10H2,1-2H3;1H. The minimum Gasteiger partial charge on any atom is -0.308 e. The van der Waals surface area contributed by atoms with Crippen molar-refractivity contribution in [3.63, 3.8) is 0 Å². The maximum absolute atomic E-state index is 14.1. The molecule has 0 fully saturated rings. The lowest BCUT2D eigenvalue weighted by Crippen LogP contribution is -2.36. The van der Waals surface area contributed by atoms with E-state index in [-0.39, 0.29) is 23.8 Å². The Kier molecular flexibility index (Phi) is 6.65. The minimum atomic E-state index is -0.729. The van der Waals surface area contributed by atoms with Gasteiger partial charge in [-0.25, -0.2) is 13.8 Å². The molecular weight excluding hydrogens is 428 g/mol. The number of nitrogens with zero attached hydrogens (tertiary/aromatic N) is 3. The highest BCUT2D eigenvalue weighted by Crippen LogP contribution is 2.32. The molecule has 0 aliphatic carbocycles. The Morgan fingerprint density at radius 1 is 1.00 bits per heavy atom. The van der Waals surface area contributed by atoms with Crippen molar-refractivity contribution in [1.82, 2.24) is 9.88 Å². The Hall–Kier alpha value is -2.61. The van der Waals surface area contributed by atoms with Gasteiger partial charge in [-0.2, -0.15) is 0 Å². The topological polar surface area (TPSA) is 36.4 Å². The quantitative estimate of drug-likeness (QED) is 0.413. The largest absolute Gasteiger partial charge is 0.308 e. The first-order valence-electron chi connectivity index (χ1n) is 9.13.